The van der Waals surface area contributed by atoms with Crippen molar-refractivity contribution >= 4 is 90.3 Å². The highest BCUT2D eigenvalue weighted by atomic mass is 35.5. The van der Waals surface area contributed by atoms with Crippen LogP contribution in [0.1, 0.15) is 118 Å². The predicted octanol–water partition coefficient (Wildman–Crippen LogP) is 16.1. The van der Waals surface area contributed by atoms with Gasteiger partial charge in [0.05, 0.1) is 16.3 Å². The lowest BCUT2D eigenvalue weighted by atomic mass is 9.99. The quantitative estimate of drug-likeness (QED) is 0.132. The molecule has 2 aromatic carbocycles. The summed E-state index contributed by atoms with van der Waals surface area (Å²) < 4.78 is 0. The van der Waals surface area contributed by atoms with Gasteiger partial charge in [0.2, 0.25) is 0 Å². The number of aromatic amines is 2. The maximum atomic E-state index is 13.1. The van der Waals surface area contributed by atoms with E-state index >= 15 is 0 Å². The number of benzene rings is 2. The molecule has 0 saturated carbocycles. The van der Waals surface area contributed by atoms with Crippen molar-refractivity contribution in [2.45, 2.75) is 134 Å². The molecule has 2 atom stereocenters. The summed E-state index contributed by atoms with van der Waals surface area (Å²) in [4.78, 5) is 19.1. The molecule has 6 aromatic rings. The number of nitrogens with zero attached hydrogens (tertiary/aromatic N) is 4. The Morgan fingerprint density at radius 1 is 0.710 bits per heavy atom. The van der Waals surface area contributed by atoms with Crippen molar-refractivity contribution < 1.29 is 4.79 Å². The molecular weight excluding hydrogens is 892 g/mol. The highest BCUT2D eigenvalue weighted by molar-refractivity contribution is 7.59. The molecule has 0 aliphatic carbocycles. The summed E-state index contributed by atoms with van der Waals surface area (Å²) in [5, 5.41) is 24.1. The molecule has 0 saturated heterocycles. The number of H-pyrrole nitrogens is 2. The van der Waals surface area contributed by atoms with Gasteiger partial charge in [-0.15, -0.1) is 22.7 Å². The third-order valence-electron chi connectivity index (χ3n) is 8.49. The van der Waals surface area contributed by atoms with Crippen LogP contribution in [0, 0.1) is 0 Å². The van der Waals surface area contributed by atoms with Crippen molar-refractivity contribution in [1.29, 1.82) is 0 Å². The van der Waals surface area contributed by atoms with E-state index in [1.165, 1.54) is 16.1 Å². The number of rotatable bonds is 3. The first-order valence-corrected chi connectivity index (χ1v) is 18.4. The van der Waals surface area contributed by atoms with Crippen LogP contribution in [-0.4, -0.2) is 50.5 Å². The number of amides is 2. The Morgan fingerprint density at radius 3 is 1.65 bits per heavy atom. The molecule has 62 heavy (non-hydrogen) atoms. The minimum atomic E-state index is -0.0382. The van der Waals surface area contributed by atoms with Crippen molar-refractivity contribution in [3.05, 3.63) is 116 Å². The summed E-state index contributed by atoms with van der Waals surface area (Å²) in [7, 11) is 1.78. The molecule has 6 heterocycles. The topological polar surface area (TPSA) is 119 Å². The number of fused-ring (bicyclic) bond motifs is 2. The van der Waals surface area contributed by atoms with Crippen LogP contribution in [0.4, 0.5) is 16.2 Å². The maximum Gasteiger partial charge on any atom is 0.324 e. The number of carbonyl (C=O) groups excluding carboxylic acids is 1. The number of hydrogen-bond acceptors (Lipinski definition) is 7. The van der Waals surface area contributed by atoms with Gasteiger partial charge in [0.25, 0.3) is 0 Å². The van der Waals surface area contributed by atoms with E-state index in [4.69, 9.17) is 28.9 Å². The molecule has 0 radical (unpaired) electrons. The average Bonchev–Trinajstić information content (AvgIpc) is 3.91. The van der Waals surface area contributed by atoms with Gasteiger partial charge in [0.1, 0.15) is 11.4 Å². The second-order valence-corrected chi connectivity index (χ2v) is 14.8. The second-order valence-electron chi connectivity index (χ2n) is 12.1. The van der Waals surface area contributed by atoms with Crippen molar-refractivity contribution in [2.24, 2.45) is 0 Å². The molecule has 0 bridgehead atoms. The molecule has 4 aromatic heterocycles. The minimum absolute atomic E-state index is 0. The smallest absolute Gasteiger partial charge is 0.324 e. The zero-order chi connectivity index (χ0) is 34.5. The Labute approximate surface area is 411 Å². The largest absolute Gasteiger partial charge is 0.399 e. The first-order valence-electron chi connectivity index (χ1n) is 15.9. The van der Waals surface area contributed by atoms with Crippen molar-refractivity contribution in [3.63, 3.8) is 0 Å². The van der Waals surface area contributed by atoms with Gasteiger partial charge in [0, 0.05) is 82.5 Å². The van der Waals surface area contributed by atoms with E-state index in [-0.39, 0.29) is 121 Å². The van der Waals surface area contributed by atoms with Gasteiger partial charge >= 0.3 is 6.03 Å². The van der Waals surface area contributed by atoms with Crippen molar-refractivity contribution in [2.75, 3.05) is 17.7 Å². The summed E-state index contributed by atoms with van der Waals surface area (Å²) >= 11 is 15.0. The highest BCUT2D eigenvalue weighted by Crippen LogP contribution is 2.34. The van der Waals surface area contributed by atoms with Gasteiger partial charge in [0.15, 0.2) is 0 Å². The number of nitrogens with two attached hydrogens (primary N) is 1. The number of halogens is 2. The Hall–Kier alpha value is -3.43. The lowest BCUT2D eigenvalue weighted by molar-refractivity contribution is 0.176. The molecule has 0 spiro atoms. The number of nitrogens with one attached hydrogen (secondary N) is 3. The van der Waals surface area contributed by atoms with Gasteiger partial charge in [-0.2, -0.15) is 37.2 Å². The average molecular weight is 978 g/mol. The zero-order valence-electron chi connectivity index (χ0n) is 28.4. The number of hydrogen-bond donors (Lipinski definition) is 4. The molecule has 358 valence electrons. The van der Waals surface area contributed by atoms with Crippen LogP contribution in [0.3, 0.4) is 0 Å². The molecule has 15 heteroatoms. The molecule has 2 amide bonds. The first-order chi connectivity index (χ1) is 23.7. The number of urea groups is 1. The van der Waals surface area contributed by atoms with Crippen molar-refractivity contribution in [1.82, 2.24) is 30.6 Å². The minimum Gasteiger partial charge on any atom is -0.399 e. The van der Waals surface area contributed by atoms with E-state index in [9.17, 15) is 4.79 Å². The van der Waals surface area contributed by atoms with Crippen LogP contribution in [0.15, 0.2) is 83.6 Å². The Morgan fingerprint density at radius 2 is 1.19 bits per heavy atom. The summed E-state index contributed by atoms with van der Waals surface area (Å²) in [6.07, 6.45) is 1.82. The molecular formula is C47H86Cl2N8OS4. The standard InChI is InChI=1S/C19H19ClN4OS.C11H13N3S.C6H6ClN.11CH4.2H2S/c1-12-9-16-15(18(22-21-16)17-7-4-8-26-17)11-24(12)19(25)23(2)14-6-3-5-13(20)10-14;1-7-5-9-8(6-12-7)11(14-13-9)10-3-2-4-15-10;7-5-2-1-3-6(8)4-5;;;;;;;;;;;;;/h3-8,10,12H,9,11H2,1-2H3,(H,21,22);2-4,7,12H,5-6H2,1H3,(H,13,14);1-4H,8H2;11*1H4;2*1H2/t12-;7-;;;;;;;;;;;;;;/m00............../s1. The summed E-state index contributed by atoms with van der Waals surface area (Å²) in [6.45, 7) is 5.75. The number of nitrogen functional groups attached to an aromatic ring is 1. The summed E-state index contributed by atoms with van der Waals surface area (Å²) in [5.74, 6) is 0. The van der Waals surface area contributed by atoms with Crippen LogP contribution >= 0.6 is 72.9 Å². The van der Waals surface area contributed by atoms with E-state index in [1.54, 1.807) is 65.0 Å². The number of anilines is 2. The van der Waals surface area contributed by atoms with E-state index in [1.807, 2.05) is 34.5 Å². The van der Waals surface area contributed by atoms with Gasteiger partial charge in [-0.05, 0) is 73.1 Å². The fraction of sp³-hybridized carbons (Fsp3) is 0.426. The second kappa shape index (κ2) is 35.0. The molecule has 2 aliphatic rings. The van der Waals surface area contributed by atoms with Crippen LogP contribution in [0.5, 0.6) is 0 Å². The Balaban J connectivity index is -0.000000118. The monoisotopic (exact) mass is 977 g/mol. The number of aromatic nitrogens is 4. The van der Waals surface area contributed by atoms with Gasteiger partial charge in [-0.25, -0.2) is 4.79 Å². The lowest BCUT2D eigenvalue weighted by Gasteiger charge is -2.36. The lowest BCUT2D eigenvalue weighted by Crippen LogP contribution is -2.48. The molecule has 0 fully saturated rings. The number of thiophene rings is 2. The third kappa shape index (κ3) is 18.3. The molecule has 0 unspecified atom stereocenters. The van der Waals surface area contributed by atoms with E-state index in [0.717, 1.165) is 52.6 Å². The molecule has 5 N–H and O–H groups in total. The van der Waals surface area contributed by atoms with Gasteiger partial charge in [-0.1, -0.05) is 129 Å². The molecule has 8 rings (SSSR count). The van der Waals surface area contributed by atoms with Crippen LogP contribution in [0.25, 0.3) is 21.1 Å². The van der Waals surface area contributed by atoms with E-state index in [2.05, 4.69) is 63.1 Å². The van der Waals surface area contributed by atoms with Gasteiger partial charge < -0.3 is 16.0 Å². The Bertz CT molecular complexity index is 1990. The van der Waals surface area contributed by atoms with E-state index < -0.39 is 0 Å². The summed E-state index contributed by atoms with van der Waals surface area (Å²) in [6, 6.07) is 23.3. The normalized spacial score (nSPS) is 13.0. The van der Waals surface area contributed by atoms with E-state index in [0.29, 0.717) is 28.3 Å². The maximum absolute atomic E-state index is 13.1. The SMILES string of the molecule is C.C.C.C.C.C.C.C.C.C.C.C[C@H]1Cc2[nH]nc(-c3cccs3)c2CN1.C[C@H]1Cc2[nH]nc(-c3cccs3)c2CN1C(=O)N(C)c1cccc(Cl)c1.Nc1cccc(Cl)c1.S.S. The first kappa shape index (κ1) is 75.9. The summed E-state index contributed by atoms with van der Waals surface area (Å²) in [5.41, 5.74) is 13.8. The molecule has 9 nitrogen and oxygen atoms in total. The fourth-order valence-corrected chi connectivity index (χ4v) is 7.74. The predicted molar refractivity (Wildman–Crippen MR) is 298 cm³/mol. The number of carbonyl (C=O) groups is 1. The molecule has 2 aliphatic heterocycles. The van der Waals surface area contributed by atoms with Crippen LogP contribution in [0.2, 0.25) is 10.0 Å². The fourth-order valence-electron chi connectivity index (χ4n) is 5.87. The Kier molecular flexibility index (Phi) is 42.8. The van der Waals surface area contributed by atoms with Crippen LogP contribution < -0.4 is 16.0 Å². The van der Waals surface area contributed by atoms with Crippen LogP contribution in [-0.2, 0) is 25.9 Å². The third-order valence-corrected chi connectivity index (χ3v) is 10.7. The highest BCUT2D eigenvalue weighted by Gasteiger charge is 2.32. The zero-order valence-corrected chi connectivity index (χ0v) is 33.6. The van der Waals surface area contributed by atoms with Crippen molar-refractivity contribution in [3.8, 4) is 21.1 Å². The van der Waals surface area contributed by atoms with Gasteiger partial charge in [-0.3, -0.25) is 15.1 Å².